The normalized spacial score (nSPS) is 24.5. The average molecular weight is 176 g/mol. The first-order valence-corrected chi connectivity index (χ1v) is 4.76. The van der Waals surface area contributed by atoms with Gasteiger partial charge in [0, 0.05) is 0 Å². The molecule has 1 aromatic rings. The van der Waals surface area contributed by atoms with Crippen LogP contribution in [0.2, 0.25) is 0 Å². The second-order valence-corrected chi connectivity index (χ2v) is 4.46. The van der Waals surface area contributed by atoms with Crippen molar-refractivity contribution >= 4 is 0 Å². The Morgan fingerprint density at radius 1 is 1.23 bits per heavy atom. The van der Waals surface area contributed by atoms with Gasteiger partial charge in [-0.2, -0.15) is 0 Å². The van der Waals surface area contributed by atoms with Crippen LogP contribution in [0.25, 0.3) is 0 Å². The minimum Gasteiger partial charge on any atom is -0.362 e. The fraction of sp³-hybridized carbons (Fsp3) is 0.500. The summed E-state index contributed by atoms with van der Waals surface area (Å²) in [4.78, 5) is 0. The lowest BCUT2D eigenvalue weighted by molar-refractivity contribution is 0.325. The lowest BCUT2D eigenvalue weighted by Gasteiger charge is -2.04. The molecule has 0 spiro atoms. The number of hydrogen-bond donors (Lipinski definition) is 0. The van der Waals surface area contributed by atoms with Crippen molar-refractivity contribution in [2.45, 2.75) is 39.4 Å². The number of epoxide rings is 1. The van der Waals surface area contributed by atoms with Crippen molar-refractivity contribution < 1.29 is 4.74 Å². The van der Waals surface area contributed by atoms with Crippen molar-refractivity contribution in [3.63, 3.8) is 0 Å². The molecule has 1 aliphatic rings. The van der Waals surface area contributed by atoms with E-state index in [-0.39, 0.29) is 5.60 Å². The van der Waals surface area contributed by atoms with Crippen molar-refractivity contribution in [1.82, 2.24) is 0 Å². The van der Waals surface area contributed by atoms with E-state index in [0.29, 0.717) is 6.10 Å². The third kappa shape index (κ3) is 1.49. The molecule has 1 aliphatic heterocycles. The van der Waals surface area contributed by atoms with E-state index in [4.69, 9.17) is 4.74 Å². The van der Waals surface area contributed by atoms with Gasteiger partial charge in [0.1, 0.15) is 6.10 Å². The zero-order valence-corrected chi connectivity index (χ0v) is 8.72. The Hall–Kier alpha value is -0.820. The predicted octanol–water partition coefficient (Wildman–Crippen LogP) is 3.15. The number of aryl methyl sites for hydroxylation is 2. The van der Waals surface area contributed by atoms with E-state index >= 15 is 0 Å². The first-order valence-electron chi connectivity index (χ1n) is 4.76. The maximum absolute atomic E-state index is 5.61. The summed E-state index contributed by atoms with van der Waals surface area (Å²) in [6.07, 6.45) is 0.313. The summed E-state index contributed by atoms with van der Waals surface area (Å²) >= 11 is 0. The highest BCUT2D eigenvalue weighted by Crippen LogP contribution is 2.49. The van der Waals surface area contributed by atoms with Crippen LogP contribution in [0.4, 0.5) is 0 Å². The number of benzene rings is 1. The van der Waals surface area contributed by atoms with E-state index in [1.54, 1.807) is 0 Å². The molecule has 0 radical (unpaired) electrons. The maximum atomic E-state index is 5.61. The molecule has 13 heavy (non-hydrogen) atoms. The molecule has 1 unspecified atom stereocenters. The molecule has 0 aromatic heterocycles. The van der Waals surface area contributed by atoms with E-state index in [1.165, 1.54) is 16.7 Å². The second kappa shape index (κ2) is 2.58. The zero-order chi connectivity index (χ0) is 9.64. The summed E-state index contributed by atoms with van der Waals surface area (Å²) in [6.45, 7) is 8.55. The van der Waals surface area contributed by atoms with E-state index in [9.17, 15) is 0 Å². The van der Waals surface area contributed by atoms with Crippen molar-refractivity contribution in [1.29, 1.82) is 0 Å². The van der Waals surface area contributed by atoms with Crippen molar-refractivity contribution in [2.75, 3.05) is 0 Å². The molecule has 0 saturated carbocycles. The standard InChI is InChI=1S/C12H16O/c1-8-5-6-10(9(2)7-8)11-12(3,4)13-11/h5-7,11H,1-4H3. The third-order valence-electron chi connectivity index (χ3n) is 2.70. The lowest BCUT2D eigenvalue weighted by atomic mass is 9.97. The molecule has 1 nitrogen and oxygen atoms in total. The summed E-state index contributed by atoms with van der Waals surface area (Å²) in [7, 11) is 0. The molecular formula is C12H16O. The molecule has 2 rings (SSSR count). The monoisotopic (exact) mass is 176 g/mol. The molecule has 1 saturated heterocycles. The van der Waals surface area contributed by atoms with Crippen LogP contribution in [0, 0.1) is 13.8 Å². The SMILES string of the molecule is Cc1ccc(C2OC2(C)C)c(C)c1. The summed E-state index contributed by atoms with van der Waals surface area (Å²) in [5, 5.41) is 0. The second-order valence-electron chi connectivity index (χ2n) is 4.46. The van der Waals surface area contributed by atoms with Gasteiger partial charge in [-0.05, 0) is 38.8 Å². The van der Waals surface area contributed by atoms with Gasteiger partial charge in [-0.15, -0.1) is 0 Å². The molecule has 1 fully saturated rings. The van der Waals surface area contributed by atoms with Crippen LogP contribution in [-0.2, 0) is 4.74 Å². The summed E-state index contributed by atoms with van der Waals surface area (Å²) in [5.41, 5.74) is 4.06. The van der Waals surface area contributed by atoms with Crippen LogP contribution in [0.3, 0.4) is 0 Å². The Bertz CT molecular complexity index is 339. The predicted molar refractivity (Wildman–Crippen MR) is 53.8 cm³/mol. The molecule has 0 amide bonds. The van der Waals surface area contributed by atoms with Gasteiger partial charge in [0.15, 0.2) is 0 Å². The highest BCUT2D eigenvalue weighted by atomic mass is 16.6. The largest absolute Gasteiger partial charge is 0.362 e. The van der Waals surface area contributed by atoms with Gasteiger partial charge in [0.05, 0.1) is 5.60 Å². The van der Waals surface area contributed by atoms with Gasteiger partial charge in [-0.3, -0.25) is 0 Å². The van der Waals surface area contributed by atoms with Crippen LogP contribution >= 0.6 is 0 Å². The van der Waals surface area contributed by atoms with Crippen LogP contribution in [0.5, 0.6) is 0 Å². The van der Waals surface area contributed by atoms with Crippen molar-refractivity contribution in [3.05, 3.63) is 34.9 Å². The van der Waals surface area contributed by atoms with Gasteiger partial charge in [-0.1, -0.05) is 23.8 Å². The number of rotatable bonds is 1. The van der Waals surface area contributed by atoms with Gasteiger partial charge in [0.25, 0.3) is 0 Å². The van der Waals surface area contributed by atoms with E-state index < -0.39 is 0 Å². The number of ether oxygens (including phenoxy) is 1. The number of hydrogen-bond acceptors (Lipinski definition) is 1. The summed E-state index contributed by atoms with van der Waals surface area (Å²) in [6, 6.07) is 6.55. The molecule has 0 aliphatic carbocycles. The van der Waals surface area contributed by atoms with Crippen LogP contribution < -0.4 is 0 Å². The van der Waals surface area contributed by atoms with Crippen molar-refractivity contribution in [2.24, 2.45) is 0 Å². The lowest BCUT2D eigenvalue weighted by Crippen LogP contribution is -1.99. The topological polar surface area (TPSA) is 12.5 Å². The Morgan fingerprint density at radius 3 is 2.31 bits per heavy atom. The molecule has 1 atom stereocenters. The first kappa shape index (κ1) is 8.76. The quantitative estimate of drug-likeness (QED) is 0.599. The van der Waals surface area contributed by atoms with Crippen LogP contribution in [0.15, 0.2) is 18.2 Å². The Kier molecular flexibility index (Phi) is 1.74. The van der Waals surface area contributed by atoms with E-state index in [0.717, 1.165) is 0 Å². The minimum absolute atomic E-state index is 0.0556. The van der Waals surface area contributed by atoms with E-state index in [2.05, 4.69) is 45.9 Å². The van der Waals surface area contributed by atoms with E-state index in [1.807, 2.05) is 0 Å². The van der Waals surface area contributed by atoms with Gasteiger partial charge < -0.3 is 4.74 Å². The fourth-order valence-corrected chi connectivity index (χ4v) is 1.83. The Labute approximate surface area is 79.7 Å². The molecule has 1 heterocycles. The van der Waals surface area contributed by atoms with Gasteiger partial charge >= 0.3 is 0 Å². The molecule has 0 N–H and O–H groups in total. The first-order chi connectivity index (χ1) is 6.00. The minimum atomic E-state index is 0.0556. The highest BCUT2D eigenvalue weighted by molar-refractivity contribution is 5.35. The molecule has 1 heteroatoms. The molecule has 70 valence electrons. The maximum Gasteiger partial charge on any atom is 0.112 e. The molecule has 1 aromatic carbocycles. The van der Waals surface area contributed by atoms with Crippen molar-refractivity contribution in [3.8, 4) is 0 Å². The van der Waals surface area contributed by atoms with Gasteiger partial charge in [0.2, 0.25) is 0 Å². The zero-order valence-electron chi connectivity index (χ0n) is 8.72. The Morgan fingerprint density at radius 2 is 1.85 bits per heavy atom. The fourth-order valence-electron chi connectivity index (χ4n) is 1.83. The third-order valence-corrected chi connectivity index (χ3v) is 2.70. The van der Waals surface area contributed by atoms with Crippen LogP contribution in [-0.4, -0.2) is 5.60 Å². The molecular weight excluding hydrogens is 160 g/mol. The summed E-state index contributed by atoms with van der Waals surface area (Å²) in [5.74, 6) is 0. The highest BCUT2D eigenvalue weighted by Gasteiger charge is 2.49. The Balaban J connectivity index is 2.33. The average Bonchev–Trinajstić information content (AvgIpc) is 2.59. The smallest absolute Gasteiger partial charge is 0.112 e. The van der Waals surface area contributed by atoms with Crippen LogP contribution in [0.1, 0.15) is 36.6 Å². The van der Waals surface area contributed by atoms with Gasteiger partial charge in [-0.25, -0.2) is 0 Å². The summed E-state index contributed by atoms with van der Waals surface area (Å²) < 4.78 is 5.61. The molecule has 0 bridgehead atoms.